The molecule has 0 amide bonds. The van der Waals surface area contributed by atoms with Gasteiger partial charge in [-0.3, -0.25) is 5.10 Å². The molecule has 2 fully saturated rings. The highest BCUT2D eigenvalue weighted by Crippen LogP contribution is 2.41. The van der Waals surface area contributed by atoms with Crippen molar-refractivity contribution in [3.8, 4) is 0 Å². The lowest BCUT2D eigenvalue weighted by Crippen LogP contribution is -2.38. The van der Waals surface area contributed by atoms with Gasteiger partial charge in [-0.2, -0.15) is 10.1 Å². The minimum atomic E-state index is -0.365. The molecule has 5 rings (SSSR count). The standard InChI is InChI=1S/C18H23FN6O/c19-14-11-20-18(21-17(14)24-7-9-26-10-8-24)25-5-3-13-15(4-6-25)22-23-16(13)12-1-2-12/h11-12H,1-10H2,(H,22,23). The van der Waals surface area contributed by atoms with E-state index in [9.17, 15) is 4.39 Å². The van der Waals surface area contributed by atoms with Gasteiger partial charge in [0.25, 0.3) is 0 Å². The Bertz CT molecular complexity index is 799. The van der Waals surface area contributed by atoms with Crippen LogP contribution in [0.2, 0.25) is 0 Å². The van der Waals surface area contributed by atoms with Crippen LogP contribution in [0.25, 0.3) is 0 Å². The van der Waals surface area contributed by atoms with Gasteiger partial charge < -0.3 is 14.5 Å². The lowest BCUT2D eigenvalue weighted by molar-refractivity contribution is 0.122. The van der Waals surface area contributed by atoms with Gasteiger partial charge in [0.05, 0.1) is 25.1 Å². The summed E-state index contributed by atoms with van der Waals surface area (Å²) in [6.45, 7) is 4.18. The molecule has 0 unspecified atom stereocenters. The van der Waals surface area contributed by atoms with E-state index in [1.54, 1.807) is 0 Å². The monoisotopic (exact) mass is 358 g/mol. The first-order valence-corrected chi connectivity index (χ1v) is 9.46. The Balaban J connectivity index is 1.37. The smallest absolute Gasteiger partial charge is 0.227 e. The Morgan fingerprint density at radius 1 is 1.08 bits per heavy atom. The summed E-state index contributed by atoms with van der Waals surface area (Å²) in [7, 11) is 0. The summed E-state index contributed by atoms with van der Waals surface area (Å²) in [5, 5.41) is 7.78. The molecular formula is C18H23FN6O. The number of hydrogen-bond donors (Lipinski definition) is 1. The number of morpholine rings is 1. The lowest BCUT2D eigenvalue weighted by atomic mass is 10.1. The van der Waals surface area contributed by atoms with Crippen LogP contribution in [0.5, 0.6) is 0 Å². The van der Waals surface area contributed by atoms with Gasteiger partial charge >= 0.3 is 0 Å². The molecule has 0 bridgehead atoms. The molecule has 1 saturated carbocycles. The average molecular weight is 358 g/mol. The third kappa shape index (κ3) is 2.92. The van der Waals surface area contributed by atoms with Gasteiger partial charge in [0.15, 0.2) is 11.6 Å². The van der Waals surface area contributed by atoms with Crippen LogP contribution in [0.15, 0.2) is 6.20 Å². The molecule has 1 N–H and O–H groups in total. The topological polar surface area (TPSA) is 70.2 Å². The van der Waals surface area contributed by atoms with E-state index < -0.39 is 0 Å². The minimum absolute atomic E-state index is 0.365. The van der Waals surface area contributed by atoms with E-state index in [0.29, 0.717) is 44.0 Å². The molecule has 26 heavy (non-hydrogen) atoms. The van der Waals surface area contributed by atoms with E-state index in [-0.39, 0.29) is 5.82 Å². The maximum Gasteiger partial charge on any atom is 0.227 e. The molecule has 7 nitrogen and oxygen atoms in total. The van der Waals surface area contributed by atoms with Crippen LogP contribution >= 0.6 is 0 Å². The fraction of sp³-hybridized carbons (Fsp3) is 0.611. The Morgan fingerprint density at radius 2 is 1.88 bits per heavy atom. The fourth-order valence-electron chi connectivity index (χ4n) is 3.90. The van der Waals surface area contributed by atoms with E-state index in [2.05, 4.69) is 25.1 Å². The summed E-state index contributed by atoms with van der Waals surface area (Å²) in [5.41, 5.74) is 3.88. The molecule has 2 aromatic heterocycles. The fourth-order valence-corrected chi connectivity index (χ4v) is 3.90. The molecule has 3 aliphatic rings. The number of halogens is 1. The van der Waals surface area contributed by atoms with E-state index in [4.69, 9.17) is 4.74 Å². The number of hydrogen-bond acceptors (Lipinski definition) is 6. The lowest BCUT2D eigenvalue weighted by Gasteiger charge is -2.29. The summed E-state index contributed by atoms with van der Waals surface area (Å²) in [4.78, 5) is 12.9. The molecule has 1 saturated heterocycles. The van der Waals surface area contributed by atoms with Crippen molar-refractivity contribution in [2.75, 3.05) is 49.2 Å². The van der Waals surface area contributed by atoms with E-state index in [1.807, 2.05) is 4.90 Å². The second-order valence-electron chi connectivity index (χ2n) is 7.27. The maximum atomic E-state index is 14.3. The van der Waals surface area contributed by atoms with Crippen molar-refractivity contribution in [3.05, 3.63) is 29.0 Å². The van der Waals surface area contributed by atoms with Gasteiger partial charge in [-0.05, 0) is 24.8 Å². The zero-order valence-corrected chi connectivity index (χ0v) is 14.7. The van der Waals surface area contributed by atoms with Crippen molar-refractivity contribution in [2.24, 2.45) is 0 Å². The van der Waals surface area contributed by atoms with Gasteiger partial charge in [-0.1, -0.05) is 0 Å². The molecule has 2 aliphatic heterocycles. The Labute approximate surface area is 151 Å². The second-order valence-corrected chi connectivity index (χ2v) is 7.27. The van der Waals surface area contributed by atoms with Crippen LogP contribution in [0, 0.1) is 5.82 Å². The average Bonchev–Trinajstić information content (AvgIpc) is 3.48. The van der Waals surface area contributed by atoms with Gasteiger partial charge in [0.1, 0.15) is 0 Å². The number of anilines is 2. The van der Waals surface area contributed by atoms with Gasteiger partial charge in [-0.25, -0.2) is 9.37 Å². The van der Waals surface area contributed by atoms with E-state index >= 15 is 0 Å². The summed E-state index contributed by atoms with van der Waals surface area (Å²) < 4.78 is 19.6. The Hall–Kier alpha value is -2.22. The molecule has 0 aromatic carbocycles. The molecule has 0 atom stereocenters. The van der Waals surface area contributed by atoms with Gasteiger partial charge in [-0.15, -0.1) is 0 Å². The van der Waals surface area contributed by atoms with Crippen molar-refractivity contribution in [1.82, 2.24) is 20.2 Å². The number of aromatic nitrogens is 4. The molecule has 0 radical (unpaired) electrons. The molecule has 138 valence electrons. The van der Waals surface area contributed by atoms with Crippen LogP contribution in [-0.2, 0) is 17.6 Å². The van der Waals surface area contributed by atoms with Crippen molar-refractivity contribution < 1.29 is 9.13 Å². The first-order chi connectivity index (χ1) is 12.8. The number of ether oxygens (including phenoxy) is 1. The third-order valence-corrected chi connectivity index (χ3v) is 5.52. The third-order valence-electron chi connectivity index (χ3n) is 5.52. The Morgan fingerprint density at radius 3 is 2.69 bits per heavy atom. The van der Waals surface area contributed by atoms with Crippen molar-refractivity contribution in [2.45, 2.75) is 31.6 Å². The molecule has 8 heteroatoms. The molecule has 0 spiro atoms. The van der Waals surface area contributed by atoms with Crippen LogP contribution in [-0.4, -0.2) is 59.6 Å². The maximum absolute atomic E-state index is 14.3. The number of nitrogens with zero attached hydrogens (tertiary/aromatic N) is 5. The van der Waals surface area contributed by atoms with Crippen molar-refractivity contribution in [1.29, 1.82) is 0 Å². The van der Waals surface area contributed by atoms with Gasteiger partial charge in [0, 0.05) is 44.2 Å². The summed E-state index contributed by atoms with van der Waals surface area (Å²) in [6.07, 6.45) is 5.64. The number of fused-ring (bicyclic) bond motifs is 1. The van der Waals surface area contributed by atoms with E-state index in [0.717, 1.165) is 25.9 Å². The second kappa shape index (κ2) is 6.50. The van der Waals surface area contributed by atoms with Crippen LogP contribution < -0.4 is 9.80 Å². The first kappa shape index (κ1) is 16.0. The highest BCUT2D eigenvalue weighted by atomic mass is 19.1. The first-order valence-electron chi connectivity index (χ1n) is 9.46. The zero-order chi connectivity index (χ0) is 17.5. The highest BCUT2D eigenvalue weighted by Gasteiger charge is 2.31. The molecule has 2 aromatic rings. The number of aromatic amines is 1. The van der Waals surface area contributed by atoms with Crippen molar-refractivity contribution in [3.63, 3.8) is 0 Å². The quantitative estimate of drug-likeness (QED) is 0.900. The summed E-state index contributed by atoms with van der Waals surface area (Å²) >= 11 is 0. The number of nitrogens with one attached hydrogen (secondary N) is 1. The minimum Gasteiger partial charge on any atom is -0.378 e. The number of rotatable bonds is 3. The highest BCUT2D eigenvalue weighted by molar-refractivity contribution is 5.46. The predicted octanol–water partition coefficient (Wildman–Crippen LogP) is 1.66. The SMILES string of the molecule is Fc1cnc(N2CCc3[nH]nc(C4CC4)c3CC2)nc1N1CCOCC1. The predicted molar refractivity (Wildman–Crippen MR) is 95.2 cm³/mol. The number of H-pyrrole nitrogens is 1. The Kier molecular flexibility index (Phi) is 4.00. The summed E-state index contributed by atoms with van der Waals surface area (Å²) in [6, 6.07) is 0. The summed E-state index contributed by atoms with van der Waals surface area (Å²) in [5.74, 6) is 1.29. The zero-order valence-electron chi connectivity index (χ0n) is 14.7. The van der Waals surface area contributed by atoms with Crippen LogP contribution in [0.1, 0.15) is 35.7 Å². The molecular weight excluding hydrogens is 335 g/mol. The van der Waals surface area contributed by atoms with Gasteiger partial charge in [0.2, 0.25) is 5.95 Å². The molecule has 4 heterocycles. The van der Waals surface area contributed by atoms with Crippen LogP contribution in [0.3, 0.4) is 0 Å². The van der Waals surface area contributed by atoms with E-state index in [1.165, 1.54) is 36.0 Å². The normalized spacial score (nSPS) is 20.8. The molecule has 1 aliphatic carbocycles. The largest absolute Gasteiger partial charge is 0.378 e. The van der Waals surface area contributed by atoms with Crippen LogP contribution in [0.4, 0.5) is 16.2 Å². The van der Waals surface area contributed by atoms with Crippen molar-refractivity contribution >= 4 is 11.8 Å².